The smallest absolute Gasteiger partial charge is 0.166 e. The molecule has 0 aliphatic rings. The average Bonchev–Trinajstić information content (AvgIpc) is 2.37. The summed E-state index contributed by atoms with van der Waals surface area (Å²) >= 11 is 3.37. The largest absolute Gasteiger partial charge is 0.416 e. The summed E-state index contributed by atoms with van der Waals surface area (Å²) in [6.07, 6.45) is -4.34. The summed E-state index contributed by atoms with van der Waals surface area (Å²) in [7, 11) is 0. The third kappa shape index (κ3) is 3.49. The maximum absolute atomic E-state index is 12.9. The molecular formula is C17H16BrF3. The lowest BCUT2D eigenvalue weighted by Crippen LogP contribution is -2.13. The molecule has 0 nitrogen and oxygen atoms in total. The molecular weight excluding hydrogens is 341 g/mol. The fraction of sp³-hybridized carbons (Fsp3) is 0.294. The minimum absolute atomic E-state index is 0.149. The lowest BCUT2D eigenvalue weighted by molar-refractivity contribution is -0.137. The van der Waals surface area contributed by atoms with Crippen molar-refractivity contribution in [1.82, 2.24) is 0 Å². The summed E-state index contributed by atoms with van der Waals surface area (Å²) in [5, 5.41) is 0. The molecule has 0 N–H and O–H groups in total. The minimum atomic E-state index is -4.34. The monoisotopic (exact) mass is 356 g/mol. The molecule has 0 atom stereocenters. The predicted molar refractivity (Wildman–Crippen MR) is 83.3 cm³/mol. The molecule has 0 aliphatic heterocycles. The molecule has 0 unspecified atom stereocenters. The minimum Gasteiger partial charge on any atom is -0.166 e. The van der Waals surface area contributed by atoms with Gasteiger partial charge in [-0.05, 0) is 40.3 Å². The van der Waals surface area contributed by atoms with Crippen molar-refractivity contribution in [2.75, 3.05) is 0 Å². The molecule has 0 aliphatic carbocycles. The molecule has 4 heteroatoms. The van der Waals surface area contributed by atoms with Gasteiger partial charge >= 0.3 is 6.18 Å². The second-order valence-corrected chi connectivity index (χ2v) is 6.84. The highest BCUT2D eigenvalue weighted by molar-refractivity contribution is 9.10. The van der Waals surface area contributed by atoms with Crippen molar-refractivity contribution in [3.8, 4) is 11.1 Å². The van der Waals surface area contributed by atoms with E-state index in [1.54, 1.807) is 0 Å². The molecule has 0 amide bonds. The van der Waals surface area contributed by atoms with E-state index in [1.165, 1.54) is 12.1 Å². The summed E-state index contributed by atoms with van der Waals surface area (Å²) in [6.45, 7) is 6.15. The first-order valence-electron chi connectivity index (χ1n) is 6.57. The van der Waals surface area contributed by atoms with Crippen LogP contribution in [0.1, 0.15) is 31.9 Å². The van der Waals surface area contributed by atoms with Crippen LogP contribution in [-0.2, 0) is 11.6 Å². The third-order valence-electron chi connectivity index (χ3n) is 3.32. The first kappa shape index (κ1) is 16.1. The Morgan fingerprint density at radius 1 is 0.857 bits per heavy atom. The molecule has 0 bridgehead atoms. The van der Waals surface area contributed by atoms with Crippen molar-refractivity contribution in [3.63, 3.8) is 0 Å². The predicted octanol–water partition coefficient (Wildman–Crippen LogP) is 6.43. The average molecular weight is 357 g/mol. The lowest BCUT2D eigenvalue weighted by Gasteiger charge is -2.24. The number of rotatable bonds is 1. The zero-order chi connectivity index (χ0) is 15.8. The molecule has 0 heterocycles. The van der Waals surface area contributed by atoms with E-state index in [-0.39, 0.29) is 5.41 Å². The Morgan fingerprint density at radius 3 is 2.05 bits per heavy atom. The summed E-state index contributed by atoms with van der Waals surface area (Å²) in [4.78, 5) is 0. The zero-order valence-electron chi connectivity index (χ0n) is 12.1. The zero-order valence-corrected chi connectivity index (χ0v) is 13.6. The van der Waals surface area contributed by atoms with Crippen molar-refractivity contribution >= 4 is 15.9 Å². The van der Waals surface area contributed by atoms with Crippen LogP contribution in [0.3, 0.4) is 0 Å². The number of hydrogen-bond donors (Lipinski definition) is 0. The molecule has 0 saturated carbocycles. The highest BCUT2D eigenvalue weighted by atomic mass is 79.9. The summed E-state index contributed by atoms with van der Waals surface area (Å²) in [5.74, 6) is 0. The van der Waals surface area contributed by atoms with E-state index in [0.29, 0.717) is 10.0 Å². The van der Waals surface area contributed by atoms with Crippen LogP contribution in [0.15, 0.2) is 46.9 Å². The summed E-state index contributed by atoms with van der Waals surface area (Å²) in [5.41, 5.74) is 1.62. The van der Waals surface area contributed by atoms with Crippen LogP contribution in [-0.4, -0.2) is 0 Å². The van der Waals surface area contributed by atoms with Crippen LogP contribution in [0.25, 0.3) is 11.1 Å². The fourth-order valence-electron chi connectivity index (χ4n) is 2.28. The van der Waals surface area contributed by atoms with E-state index >= 15 is 0 Å². The van der Waals surface area contributed by atoms with Gasteiger partial charge in [0.1, 0.15) is 0 Å². The van der Waals surface area contributed by atoms with Gasteiger partial charge in [-0.2, -0.15) is 13.2 Å². The Kier molecular flexibility index (Phi) is 4.20. The topological polar surface area (TPSA) is 0 Å². The Morgan fingerprint density at radius 2 is 1.48 bits per heavy atom. The maximum Gasteiger partial charge on any atom is 0.416 e. The normalized spacial score (nSPS) is 12.5. The maximum atomic E-state index is 12.9. The van der Waals surface area contributed by atoms with Crippen molar-refractivity contribution in [3.05, 3.63) is 58.1 Å². The van der Waals surface area contributed by atoms with E-state index in [4.69, 9.17) is 0 Å². The molecule has 0 spiro atoms. The SMILES string of the molecule is CC(C)(C)c1ccccc1-c1cc(C(F)(F)F)ccc1Br. The Hall–Kier alpha value is -1.29. The van der Waals surface area contributed by atoms with Crippen molar-refractivity contribution in [1.29, 1.82) is 0 Å². The van der Waals surface area contributed by atoms with E-state index in [1.807, 2.05) is 45.0 Å². The van der Waals surface area contributed by atoms with Crippen LogP contribution in [0.2, 0.25) is 0 Å². The second kappa shape index (κ2) is 5.48. The summed E-state index contributed by atoms with van der Waals surface area (Å²) in [6, 6.07) is 11.3. The molecule has 21 heavy (non-hydrogen) atoms. The van der Waals surface area contributed by atoms with Crippen LogP contribution >= 0.6 is 15.9 Å². The second-order valence-electron chi connectivity index (χ2n) is 5.99. The number of alkyl halides is 3. The molecule has 2 aromatic rings. The molecule has 0 fully saturated rings. The van der Waals surface area contributed by atoms with Gasteiger partial charge in [0.05, 0.1) is 5.56 Å². The highest BCUT2D eigenvalue weighted by Crippen LogP contribution is 2.39. The van der Waals surface area contributed by atoms with Crippen LogP contribution < -0.4 is 0 Å². The van der Waals surface area contributed by atoms with Gasteiger partial charge in [0, 0.05) is 4.47 Å². The van der Waals surface area contributed by atoms with E-state index < -0.39 is 11.7 Å². The molecule has 0 aromatic heterocycles. The van der Waals surface area contributed by atoms with Crippen molar-refractivity contribution in [2.45, 2.75) is 32.4 Å². The quantitative estimate of drug-likeness (QED) is 0.552. The standard InChI is InChI=1S/C17H16BrF3/c1-16(2,3)14-7-5-4-6-12(14)13-10-11(17(19,20)21)8-9-15(13)18/h4-10H,1-3H3. The van der Waals surface area contributed by atoms with Crippen LogP contribution in [0.5, 0.6) is 0 Å². The van der Waals surface area contributed by atoms with E-state index in [2.05, 4.69) is 15.9 Å². The number of benzene rings is 2. The Bertz CT molecular complexity index is 652. The van der Waals surface area contributed by atoms with Gasteiger partial charge < -0.3 is 0 Å². The van der Waals surface area contributed by atoms with Crippen LogP contribution in [0, 0.1) is 0 Å². The molecule has 2 rings (SSSR count). The number of halogens is 4. The van der Waals surface area contributed by atoms with Gasteiger partial charge in [-0.25, -0.2) is 0 Å². The van der Waals surface area contributed by atoms with Gasteiger partial charge in [0.25, 0.3) is 0 Å². The fourth-order valence-corrected chi connectivity index (χ4v) is 2.74. The van der Waals surface area contributed by atoms with E-state index in [0.717, 1.165) is 17.2 Å². The molecule has 2 aromatic carbocycles. The van der Waals surface area contributed by atoms with Gasteiger partial charge in [-0.1, -0.05) is 61.0 Å². The Labute approximate surface area is 131 Å². The van der Waals surface area contributed by atoms with Crippen molar-refractivity contribution < 1.29 is 13.2 Å². The highest BCUT2D eigenvalue weighted by Gasteiger charge is 2.31. The first-order chi connectivity index (χ1) is 9.60. The van der Waals surface area contributed by atoms with Gasteiger partial charge in [0.15, 0.2) is 0 Å². The number of hydrogen-bond acceptors (Lipinski definition) is 0. The van der Waals surface area contributed by atoms with E-state index in [9.17, 15) is 13.2 Å². The molecule has 0 saturated heterocycles. The lowest BCUT2D eigenvalue weighted by atomic mass is 9.81. The summed E-state index contributed by atoms with van der Waals surface area (Å²) < 4.78 is 39.5. The van der Waals surface area contributed by atoms with Crippen molar-refractivity contribution in [2.24, 2.45) is 0 Å². The molecule has 112 valence electrons. The van der Waals surface area contributed by atoms with Gasteiger partial charge in [-0.15, -0.1) is 0 Å². The van der Waals surface area contributed by atoms with Gasteiger partial charge in [0.2, 0.25) is 0 Å². The Balaban J connectivity index is 2.68. The third-order valence-corrected chi connectivity index (χ3v) is 4.01. The molecule has 0 radical (unpaired) electrons. The van der Waals surface area contributed by atoms with Crippen LogP contribution in [0.4, 0.5) is 13.2 Å². The van der Waals surface area contributed by atoms with Gasteiger partial charge in [-0.3, -0.25) is 0 Å². The first-order valence-corrected chi connectivity index (χ1v) is 7.36.